The summed E-state index contributed by atoms with van der Waals surface area (Å²) in [5, 5.41) is 0. The smallest absolute Gasteiger partial charge is 0.193 e. The Hall–Kier alpha value is -1.89. The van der Waals surface area contributed by atoms with Gasteiger partial charge in [-0.05, 0) is 0 Å². The third-order valence-corrected chi connectivity index (χ3v) is 3.07. The fraction of sp³-hybridized carbons (Fsp3) is 0.435. The zero-order valence-electron chi connectivity index (χ0n) is 14.5. The zero-order chi connectivity index (χ0) is 16.6. The number of benzene rings is 2. The third-order valence-electron chi connectivity index (χ3n) is 3.07. The topological polar surface area (TPSA) is 17.1 Å². The van der Waals surface area contributed by atoms with Crippen LogP contribution in [0.4, 0.5) is 0 Å². The fourth-order valence-electron chi connectivity index (χ4n) is 1.35. The first kappa shape index (κ1) is 27.0. The summed E-state index contributed by atoms with van der Waals surface area (Å²) in [6, 6.07) is 18.6. The Kier molecular flexibility index (Phi) is 21.5. The molecule has 0 atom stereocenters. The Morgan fingerprint density at radius 1 is 0.583 bits per heavy atom. The lowest BCUT2D eigenvalue weighted by molar-refractivity contribution is 0.103. The largest absolute Gasteiger partial charge is 0.289 e. The number of ketones is 1. The lowest BCUT2D eigenvalue weighted by Gasteiger charge is -1.99. The molecule has 2 rings (SSSR count). The predicted octanol–water partition coefficient (Wildman–Crippen LogP) is 7.80. The van der Waals surface area contributed by atoms with Crippen LogP contribution in [-0.2, 0) is 0 Å². The van der Waals surface area contributed by atoms with Crippen LogP contribution in [0.1, 0.15) is 84.2 Å². The first-order valence-electron chi connectivity index (χ1n) is 8.35. The molecule has 0 saturated carbocycles. The molecule has 1 heteroatoms. The number of carbonyl (C=O) groups excluding carboxylic acids is 1. The quantitative estimate of drug-likeness (QED) is 0.522. The van der Waals surface area contributed by atoms with E-state index in [2.05, 4.69) is 27.7 Å². The van der Waals surface area contributed by atoms with Gasteiger partial charge in [0, 0.05) is 11.1 Å². The second kappa shape index (κ2) is 19.2. The van der Waals surface area contributed by atoms with Gasteiger partial charge in [-0.2, -0.15) is 0 Å². The maximum absolute atomic E-state index is 11.8. The van der Waals surface area contributed by atoms with Crippen molar-refractivity contribution in [3.63, 3.8) is 0 Å². The van der Waals surface area contributed by atoms with Gasteiger partial charge in [0.05, 0.1) is 0 Å². The number of carbonyl (C=O) groups is 1. The van der Waals surface area contributed by atoms with E-state index in [-0.39, 0.29) is 20.6 Å². The minimum Gasteiger partial charge on any atom is -0.289 e. The maximum Gasteiger partial charge on any atom is 0.193 e. The van der Waals surface area contributed by atoms with Crippen molar-refractivity contribution in [1.82, 2.24) is 0 Å². The van der Waals surface area contributed by atoms with Crippen molar-refractivity contribution in [2.75, 3.05) is 0 Å². The van der Waals surface area contributed by atoms with E-state index in [1.165, 1.54) is 25.7 Å². The minimum absolute atomic E-state index is 0. The van der Waals surface area contributed by atoms with Crippen molar-refractivity contribution in [3.8, 4) is 0 Å². The SMILES string of the molecule is C.C.CCCC.CCCC.O=C(c1ccccc1)c1ccccc1. The predicted molar refractivity (Wildman–Crippen MR) is 111 cm³/mol. The molecular formula is C23H38O. The monoisotopic (exact) mass is 330 g/mol. The standard InChI is InChI=1S/C13H10O.2C4H10.2CH4/c14-13(11-7-3-1-4-8-11)12-9-5-2-6-10-12;2*1-3-4-2;;/h1-10H;2*3-4H2,1-2H3;2*1H4. The van der Waals surface area contributed by atoms with Gasteiger partial charge in [-0.1, -0.05) is 129 Å². The van der Waals surface area contributed by atoms with Crippen LogP contribution in [0.5, 0.6) is 0 Å². The molecule has 2 aromatic rings. The first-order valence-corrected chi connectivity index (χ1v) is 8.35. The summed E-state index contributed by atoms with van der Waals surface area (Å²) in [7, 11) is 0. The van der Waals surface area contributed by atoms with E-state index in [1.807, 2.05) is 60.7 Å². The normalized spacial score (nSPS) is 8.17. The molecule has 0 fully saturated rings. The molecule has 0 heterocycles. The van der Waals surface area contributed by atoms with Crippen LogP contribution < -0.4 is 0 Å². The molecule has 0 aliphatic rings. The lowest BCUT2D eigenvalue weighted by atomic mass is 10.0. The molecule has 0 radical (unpaired) electrons. The van der Waals surface area contributed by atoms with Crippen molar-refractivity contribution < 1.29 is 4.79 Å². The number of hydrogen-bond donors (Lipinski definition) is 0. The van der Waals surface area contributed by atoms with Gasteiger partial charge in [-0.15, -0.1) is 0 Å². The van der Waals surface area contributed by atoms with E-state index in [0.29, 0.717) is 0 Å². The Bertz CT molecular complexity index is 424. The van der Waals surface area contributed by atoms with Crippen LogP contribution in [0.2, 0.25) is 0 Å². The van der Waals surface area contributed by atoms with Crippen LogP contribution in [0.25, 0.3) is 0 Å². The van der Waals surface area contributed by atoms with Gasteiger partial charge in [-0.25, -0.2) is 0 Å². The number of hydrogen-bond acceptors (Lipinski definition) is 1. The van der Waals surface area contributed by atoms with Crippen LogP contribution >= 0.6 is 0 Å². The summed E-state index contributed by atoms with van der Waals surface area (Å²) in [6.07, 6.45) is 5.28. The molecular weight excluding hydrogens is 292 g/mol. The summed E-state index contributed by atoms with van der Waals surface area (Å²) >= 11 is 0. The average Bonchev–Trinajstić information content (AvgIpc) is 2.63. The molecule has 0 aliphatic carbocycles. The molecule has 0 saturated heterocycles. The highest BCUT2D eigenvalue weighted by Crippen LogP contribution is 2.08. The number of rotatable bonds is 4. The van der Waals surface area contributed by atoms with E-state index < -0.39 is 0 Å². The summed E-state index contributed by atoms with van der Waals surface area (Å²) in [4.78, 5) is 11.8. The molecule has 0 amide bonds. The molecule has 0 N–H and O–H groups in total. The summed E-state index contributed by atoms with van der Waals surface area (Å²) < 4.78 is 0. The third kappa shape index (κ3) is 12.6. The van der Waals surface area contributed by atoms with Crippen molar-refractivity contribution in [2.45, 2.75) is 68.2 Å². The molecule has 0 aromatic heterocycles. The highest BCUT2D eigenvalue weighted by Gasteiger charge is 2.06. The van der Waals surface area contributed by atoms with E-state index in [0.717, 1.165) is 11.1 Å². The molecule has 24 heavy (non-hydrogen) atoms. The van der Waals surface area contributed by atoms with Gasteiger partial charge in [0.1, 0.15) is 0 Å². The molecule has 1 nitrogen and oxygen atoms in total. The van der Waals surface area contributed by atoms with E-state index in [1.54, 1.807) is 0 Å². The Labute approximate surface area is 151 Å². The molecule has 2 aromatic carbocycles. The van der Waals surface area contributed by atoms with E-state index in [4.69, 9.17) is 0 Å². The Morgan fingerprint density at radius 3 is 1.04 bits per heavy atom. The van der Waals surface area contributed by atoms with Crippen molar-refractivity contribution in [2.24, 2.45) is 0 Å². The average molecular weight is 331 g/mol. The van der Waals surface area contributed by atoms with E-state index >= 15 is 0 Å². The first-order chi connectivity index (χ1) is 10.7. The highest BCUT2D eigenvalue weighted by atomic mass is 16.1. The molecule has 0 spiro atoms. The van der Waals surface area contributed by atoms with E-state index in [9.17, 15) is 4.79 Å². The summed E-state index contributed by atoms with van der Waals surface area (Å²) in [6.45, 7) is 8.72. The van der Waals surface area contributed by atoms with Gasteiger partial charge in [-0.3, -0.25) is 4.79 Å². The molecule has 136 valence electrons. The molecule has 0 unspecified atom stereocenters. The second-order valence-corrected chi connectivity index (χ2v) is 5.06. The van der Waals surface area contributed by atoms with Crippen LogP contribution in [-0.4, -0.2) is 5.78 Å². The summed E-state index contributed by atoms with van der Waals surface area (Å²) in [5.41, 5.74) is 1.47. The Morgan fingerprint density at radius 2 is 0.833 bits per heavy atom. The van der Waals surface area contributed by atoms with Crippen LogP contribution in [0, 0.1) is 0 Å². The molecule has 0 bridgehead atoms. The van der Waals surface area contributed by atoms with Crippen molar-refractivity contribution in [1.29, 1.82) is 0 Å². The highest BCUT2D eigenvalue weighted by molar-refractivity contribution is 6.08. The minimum atomic E-state index is 0. The molecule has 0 aliphatic heterocycles. The van der Waals surface area contributed by atoms with Crippen molar-refractivity contribution in [3.05, 3.63) is 71.8 Å². The van der Waals surface area contributed by atoms with Crippen LogP contribution in [0.3, 0.4) is 0 Å². The van der Waals surface area contributed by atoms with Gasteiger partial charge < -0.3 is 0 Å². The van der Waals surface area contributed by atoms with Crippen molar-refractivity contribution >= 4 is 5.78 Å². The van der Waals surface area contributed by atoms with Crippen LogP contribution in [0.15, 0.2) is 60.7 Å². The lowest BCUT2D eigenvalue weighted by Crippen LogP contribution is -1.99. The number of unbranched alkanes of at least 4 members (excludes halogenated alkanes) is 2. The van der Waals surface area contributed by atoms with Gasteiger partial charge >= 0.3 is 0 Å². The zero-order valence-corrected chi connectivity index (χ0v) is 14.5. The fourth-order valence-corrected chi connectivity index (χ4v) is 1.35. The maximum atomic E-state index is 11.8. The van der Waals surface area contributed by atoms with Gasteiger partial charge in [0.2, 0.25) is 0 Å². The Balaban J connectivity index is -0.000000378. The second-order valence-electron chi connectivity index (χ2n) is 5.06. The van der Waals surface area contributed by atoms with Gasteiger partial charge in [0.25, 0.3) is 0 Å². The van der Waals surface area contributed by atoms with Gasteiger partial charge in [0.15, 0.2) is 5.78 Å². The summed E-state index contributed by atoms with van der Waals surface area (Å²) in [5.74, 6) is 0.0752.